The maximum absolute atomic E-state index is 13.0. The zero-order valence-corrected chi connectivity index (χ0v) is 10.9. The lowest BCUT2D eigenvalue weighted by Gasteiger charge is -2.11. The van der Waals surface area contributed by atoms with Gasteiger partial charge in [0.05, 0.1) is 5.02 Å². The SMILES string of the molecule is OB(O)c1cc(F)ccc1OCc1ccc(F)c(Cl)c1. The fraction of sp³-hybridized carbons (Fsp3) is 0.0769. The highest BCUT2D eigenvalue weighted by Gasteiger charge is 2.18. The van der Waals surface area contributed by atoms with Crippen LogP contribution in [0.1, 0.15) is 5.56 Å². The van der Waals surface area contributed by atoms with Crippen molar-refractivity contribution < 1.29 is 23.6 Å². The van der Waals surface area contributed by atoms with Crippen LogP contribution in [0.15, 0.2) is 36.4 Å². The van der Waals surface area contributed by atoms with Crippen LogP contribution in [0, 0.1) is 11.6 Å². The third kappa shape index (κ3) is 3.48. The molecule has 0 spiro atoms. The minimum Gasteiger partial charge on any atom is -0.489 e. The third-order valence-corrected chi connectivity index (χ3v) is 2.92. The van der Waals surface area contributed by atoms with Crippen LogP contribution in [0.4, 0.5) is 8.78 Å². The summed E-state index contributed by atoms with van der Waals surface area (Å²) in [7, 11) is -1.85. The predicted molar refractivity (Wildman–Crippen MR) is 72.0 cm³/mol. The van der Waals surface area contributed by atoms with E-state index in [1.807, 2.05) is 0 Å². The monoisotopic (exact) mass is 298 g/mol. The first-order valence-electron chi connectivity index (χ1n) is 5.69. The van der Waals surface area contributed by atoms with E-state index in [0.29, 0.717) is 5.56 Å². The Hall–Kier alpha value is -1.63. The van der Waals surface area contributed by atoms with E-state index in [0.717, 1.165) is 12.1 Å². The van der Waals surface area contributed by atoms with Crippen LogP contribution in [-0.4, -0.2) is 17.2 Å². The van der Waals surface area contributed by atoms with Crippen LogP contribution >= 0.6 is 11.6 Å². The molecule has 0 heterocycles. The van der Waals surface area contributed by atoms with Gasteiger partial charge in [0.1, 0.15) is 24.0 Å². The highest BCUT2D eigenvalue weighted by Crippen LogP contribution is 2.18. The summed E-state index contributed by atoms with van der Waals surface area (Å²) in [5.74, 6) is -1.02. The maximum atomic E-state index is 13.0. The molecule has 0 fully saturated rings. The number of hydrogen-bond donors (Lipinski definition) is 2. The van der Waals surface area contributed by atoms with Gasteiger partial charge in [0, 0.05) is 5.46 Å². The molecule has 3 nitrogen and oxygen atoms in total. The molecule has 2 aromatic carbocycles. The van der Waals surface area contributed by atoms with Gasteiger partial charge in [-0.15, -0.1) is 0 Å². The Morgan fingerprint density at radius 3 is 2.50 bits per heavy atom. The summed E-state index contributed by atoms with van der Waals surface area (Å²) in [6.07, 6.45) is 0. The fourth-order valence-electron chi connectivity index (χ4n) is 1.64. The second-order valence-electron chi connectivity index (χ2n) is 4.09. The standard InChI is InChI=1S/C13H10BClF2O3/c15-11-5-8(1-3-12(11)17)7-20-13-4-2-9(16)6-10(13)14(18)19/h1-6,18-19H,7H2. The van der Waals surface area contributed by atoms with E-state index in [2.05, 4.69) is 0 Å². The molecule has 20 heavy (non-hydrogen) atoms. The van der Waals surface area contributed by atoms with Crippen molar-refractivity contribution in [2.45, 2.75) is 6.61 Å². The van der Waals surface area contributed by atoms with E-state index in [1.54, 1.807) is 0 Å². The minimum atomic E-state index is -1.85. The molecule has 0 unspecified atom stereocenters. The van der Waals surface area contributed by atoms with Crippen molar-refractivity contribution in [2.24, 2.45) is 0 Å². The van der Waals surface area contributed by atoms with Gasteiger partial charge < -0.3 is 14.8 Å². The van der Waals surface area contributed by atoms with E-state index >= 15 is 0 Å². The molecule has 0 bridgehead atoms. The lowest BCUT2D eigenvalue weighted by Crippen LogP contribution is -2.31. The first-order chi connectivity index (χ1) is 9.47. The van der Waals surface area contributed by atoms with E-state index in [1.165, 1.54) is 24.3 Å². The molecular weight excluding hydrogens is 288 g/mol. The van der Waals surface area contributed by atoms with E-state index in [-0.39, 0.29) is 22.8 Å². The largest absolute Gasteiger partial charge is 0.492 e. The van der Waals surface area contributed by atoms with Gasteiger partial charge in [-0.2, -0.15) is 0 Å². The zero-order chi connectivity index (χ0) is 14.7. The quantitative estimate of drug-likeness (QED) is 0.847. The lowest BCUT2D eigenvalue weighted by molar-refractivity contribution is 0.306. The minimum absolute atomic E-state index is 0.0331. The normalized spacial score (nSPS) is 10.4. The molecule has 0 aliphatic carbocycles. The van der Waals surface area contributed by atoms with Gasteiger partial charge in [-0.25, -0.2) is 8.78 Å². The Bertz CT molecular complexity index is 623. The smallest absolute Gasteiger partial charge is 0.489 e. The average Bonchev–Trinajstić information content (AvgIpc) is 2.41. The number of hydrogen-bond acceptors (Lipinski definition) is 3. The first kappa shape index (κ1) is 14.8. The van der Waals surface area contributed by atoms with Crippen LogP contribution < -0.4 is 10.2 Å². The van der Waals surface area contributed by atoms with Crippen molar-refractivity contribution in [2.75, 3.05) is 0 Å². The first-order valence-corrected chi connectivity index (χ1v) is 6.07. The van der Waals surface area contributed by atoms with Gasteiger partial charge in [0.25, 0.3) is 0 Å². The predicted octanol–water partition coefficient (Wildman–Crippen LogP) is 1.88. The molecule has 2 aromatic rings. The van der Waals surface area contributed by atoms with Crippen LogP contribution in [0.25, 0.3) is 0 Å². The highest BCUT2D eigenvalue weighted by molar-refractivity contribution is 6.59. The van der Waals surface area contributed by atoms with Gasteiger partial charge in [-0.05, 0) is 35.9 Å². The Morgan fingerprint density at radius 2 is 1.85 bits per heavy atom. The Kier molecular flexibility index (Phi) is 4.59. The second-order valence-corrected chi connectivity index (χ2v) is 4.50. The fourth-order valence-corrected chi connectivity index (χ4v) is 1.85. The molecule has 104 valence electrons. The summed E-state index contributed by atoms with van der Waals surface area (Å²) < 4.78 is 31.4. The maximum Gasteiger partial charge on any atom is 0.492 e. The van der Waals surface area contributed by atoms with Crippen LogP contribution in [0.2, 0.25) is 5.02 Å². The molecule has 7 heteroatoms. The van der Waals surface area contributed by atoms with Crippen LogP contribution in [-0.2, 0) is 6.61 Å². The van der Waals surface area contributed by atoms with Crippen molar-refractivity contribution >= 4 is 24.2 Å². The number of rotatable bonds is 4. The molecule has 0 atom stereocenters. The van der Waals surface area contributed by atoms with E-state index in [9.17, 15) is 8.78 Å². The summed E-state index contributed by atoms with van der Waals surface area (Å²) in [4.78, 5) is 0. The molecule has 0 amide bonds. The summed E-state index contributed by atoms with van der Waals surface area (Å²) in [6, 6.07) is 7.48. The Labute approximate surface area is 119 Å². The zero-order valence-electron chi connectivity index (χ0n) is 10.2. The molecule has 0 radical (unpaired) electrons. The molecule has 0 aromatic heterocycles. The summed E-state index contributed by atoms with van der Waals surface area (Å²) in [6.45, 7) is 0.0331. The summed E-state index contributed by atoms with van der Waals surface area (Å²) in [5.41, 5.74) is 0.511. The van der Waals surface area contributed by atoms with Gasteiger partial charge >= 0.3 is 7.12 Å². The Morgan fingerprint density at radius 1 is 1.10 bits per heavy atom. The third-order valence-electron chi connectivity index (χ3n) is 2.63. The molecule has 0 aliphatic rings. The van der Waals surface area contributed by atoms with Crippen molar-refractivity contribution in [3.8, 4) is 5.75 Å². The molecular formula is C13H10BClF2O3. The van der Waals surface area contributed by atoms with Crippen molar-refractivity contribution in [1.29, 1.82) is 0 Å². The van der Waals surface area contributed by atoms with Crippen molar-refractivity contribution in [1.82, 2.24) is 0 Å². The van der Waals surface area contributed by atoms with Gasteiger partial charge in [0.15, 0.2) is 0 Å². The molecule has 0 saturated carbocycles. The van der Waals surface area contributed by atoms with Crippen LogP contribution in [0.3, 0.4) is 0 Å². The summed E-state index contributed by atoms with van der Waals surface area (Å²) >= 11 is 5.64. The van der Waals surface area contributed by atoms with Crippen molar-refractivity contribution in [3.05, 3.63) is 58.6 Å². The van der Waals surface area contributed by atoms with Gasteiger partial charge in [0.2, 0.25) is 0 Å². The Balaban J connectivity index is 2.16. The van der Waals surface area contributed by atoms with Gasteiger partial charge in [-0.3, -0.25) is 0 Å². The molecule has 2 rings (SSSR count). The summed E-state index contributed by atoms with van der Waals surface area (Å²) in [5, 5.41) is 18.3. The lowest BCUT2D eigenvalue weighted by atomic mass is 9.79. The van der Waals surface area contributed by atoms with Gasteiger partial charge in [-0.1, -0.05) is 17.7 Å². The molecule has 0 saturated heterocycles. The molecule has 0 aliphatic heterocycles. The highest BCUT2D eigenvalue weighted by atomic mass is 35.5. The average molecular weight is 298 g/mol. The van der Waals surface area contributed by atoms with Crippen LogP contribution in [0.5, 0.6) is 5.75 Å². The van der Waals surface area contributed by atoms with E-state index < -0.39 is 18.8 Å². The number of ether oxygens (including phenoxy) is 1. The van der Waals surface area contributed by atoms with Crippen molar-refractivity contribution in [3.63, 3.8) is 0 Å². The second kappa shape index (κ2) is 6.22. The number of halogens is 3. The van der Waals surface area contributed by atoms with E-state index in [4.69, 9.17) is 26.4 Å². The topological polar surface area (TPSA) is 49.7 Å². The number of benzene rings is 2. The molecule has 2 N–H and O–H groups in total.